The molecule has 0 unspecified atom stereocenters. The van der Waals surface area contributed by atoms with Crippen molar-refractivity contribution in [2.24, 2.45) is 0 Å². The second-order valence-corrected chi connectivity index (χ2v) is 6.75. The Labute approximate surface area is 143 Å². The summed E-state index contributed by atoms with van der Waals surface area (Å²) in [6.07, 6.45) is 3.46. The average molecular weight is 342 g/mol. The first-order valence-corrected chi connectivity index (χ1v) is 8.64. The fourth-order valence-corrected chi connectivity index (χ4v) is 3.42. The van der Waals surface area contributed by atoms with E-state index in [0.29, 0.717) is 22.3 Å². The summed E-state index contributed by atoms with van der Waals surface area (Å²) in [5.41, 5.74) is 1.90. The largest absolute Gasteiger partial charge is 0.325 e. The number of aromatic nitrogens is 4. The molecule has 0 fully saturated rings. The molecule has 0 radical (unpaired) electrons. The Morgan fingerprint density at radius 3 is 2.71 bits per heavy atom. The van der Waals surface area contributed by atoms with Gasteiger partial charge in [-0.25, -0.2) is 4.98 Å². The van der Waals surface area contributed by atoms with Crippen molar-refractivity contribution in [1.29, 1.82) is 0 Å². The molecule has 0 saturated heterocycles. The van der Waals surface area contributed by atoms with Crippen LogP contribution in [-0.2, 0) is 5.75 Å². The number of nitrogens with zero attached hydrogens (tertiary/aromatic N) is 4. The van der Waals surface area contributed by atoms with E-state index in [4.69, 9.17) is 0 Å². The molecule has 6 nitrogen and oxygen atoms in total. The average Bonchev–Trinajstić information content (AvgIpc) is 2.54. The van der Waals surface area contributed by atoms with E-state index in [0.717, 1.165) is 5.56 Å². The molecule has 0 aliphatic carbocycles. The molecule has 0 aliphatic heterocycles. The first kappa shape index (κ1) is 16.4. The second-order valence-electron chi connectivity index (χ2n) is 5.81. The highest BCUT2D eigenvalue weighted by atomic mass is 32.2. The summed E-state index contributed by atoms with van der Waals surface area (Å²) in [4.78, 5) is 32.4. The lowest BCUT2D eigenvalue weighted by Gasteiger charge is -2.14. The Morgan fingerprint density at radius 1 is 1.17 bits per heavy atom. The van der Waals surface area contributed by atoms with Crippen molar-refractivity contribution in [2.45, 2.75) is 37.7 Å². The summed E-state index contributed by atoms with van der Waals surface area (Å²) in [6, 6.07) is 6.93. The minimum atomic E-state index is -0.267. The van der Waals surface area contributed by atoms with E-state index in [-0.39, 0.29) is 17.2 Å². The minimum Gasteiger partial charge on any atom is -0.325 e. The normalized spacial score (nSPS) is 11.3. The van der Waals surface area contributed by atoms with Gasteiger partial charge in [0.1, 0.15) is 5.65 Å². The molecule has 0 aliphatic rings. The van der Waals surface area contributed by atoms with E-state index in [1.54, 1.807) is 12.4 Å². The topological polar surface area (TPSA) is 69.3 Å². The lowest BCUT2D eigenvalue weighted by molar-refractivity contribution is 0.526. The van der Waals surface area contributed by atoms with Crippen LogP contribution in [0.15, 0.2) is 51.4 Å². The number of hydrogen-bond donors (Lipinski definition) is 0. The van der Waals surface area contributed by atoms with E-state index < -0.39 is 0 Å². The molecule has 0 bridgehead atoms. The lowest BCUT2D eigenvalue weighted by Crippen LogP contribution is -2.16. The van der Waals surface area contributed by atoms with Gasteiger partial charge in [0.15, 0.2) is 5.16 Å². The third kappa shape index (κ3) is 3.26. The minimum absolute atomic E-state index is 0.110. The predicted molar refractivity (Wildman–Crippen MR) is 94.6 cm³/mol. The van der Waals surface area contributed by atoms with Crippen LogP contribution in [0.2, 0.25) is 0 Å². The molecule has 0 atom stereocenters. The molecule has 3 rings (SSSR count). The molecule has 0 saturated carbocycles. The predicted octanol–water partition coefficient (Wildman–Crippen LogP) is 2.43. The maximum Gasteiger partial charge on any atom is 0.273 e. The van der Waals surface area contributed by atoms with Crippen LogP contribution in [0, 0.1) is 6.92 Å². The van der Waals surface area contributed by atoms with E-state index >= 15 is 0 Å². The van der Waals surface area contributed by atoms with Crippen LogP contribution in [0.5, 0.6) is 0 Å². The van der Waals surface area contributed by atoms with E-state index in [2.05, 4.69) is 9.97 Å². The quantitative estimate of drug-likeness (QED) is 0.538. The van der Waals surface area contributed by atoms with E-state index in [1.165, 1.54) is 28.3 Å². The van der Waals surface area contributed by atoms with Crippen LogP contribution in [0.3, 0.4) is 0 Å². The van der Waals surface area contributed by atoms with Gasteiger partial charge in [0, 0.05) is 36.3 Å². The lowest BCUT2D eigenvalue weighted by atomic mass is 10.3. The van der Waals surface area contributed by atoms with Gasteiger partial charge in [0.2, 0.25) is 0 Å². The van der Waals surface area contributed by atoms with Gasteiger partial charge in [-0.05, 0) is 32.4 Å². The van der Waals surface area contributed by atoms with Gasteiger partial charge >= 0.3 is 0 Å². The van der Waals surface area contributed by atoms with Crippen molar-refractivity contribution in [1.82, 2.24) is 18.9 Å². The zero-order valence-corrected chi connectivity index (χ0v) is 14.6. The first-order chi connectivity index (χ1) is 11.5. The highest BCUT2D eigenvalue weighted by molar-refractivity contribution is 7.98. The molecule has 0 amide bonds. The summed E-state index contributed by atoms with van der Waals surface area (Å²) >= 11 is 1.41. The number of fused-ring (bicyclic) bond motifs is 1. The molecule has 3 aromatic heterocycles. The zero-order chi connectivity index (χ0) is 17.3. The van der Waals surface area contributed by atoms with Crippen LogP contribution in [0.1, 0.15) is 31.1 Å². The summed E-state index contributed by atoms with van der Waals surface area (Å²) < 4.78 is 3.47. The molecule has 3 heterocycles. The molecule has 0 N–H and O–H groups in total. The van der Waals surface area contributed by atoms with E-state index in [9.17, 15) is 9.59 Å². The molecule has 7 heteroatoms. The highest BCUT2D eigenvalue weighted by Gasteiger charge is 2.10. The summed E-state index contributed by atoms with van der Waals surface area (Å²) in [5, 5.41) is 0.629. The van der Waals surface area contributed by atoms with Gasteiger partial charge in [0.05, 0.1) is 5.69 Å². The number of hydrogen-bond acceptors (Lipinski definition) is 5. The van der Waals surface area contributed by atoms with Gasteiger partial charge in [-0.3, -0.25) is 14.0 Å². The smallest absolute Gasteiger partial charge is 0.273 e. The number of pyridine rings is 1. The van der Waals surface area contributed by atoms with Crippen LogP contribution < -0.4 is 11.1 Å². The molecular formula is C17H18N4O2S. The Bertz CT molecular complexity index is 1010. The molecule has 0 aromatic carbocycles. The Kier molecular flexibility index (Phi) is 4.53. The van der Waals surface area contributed by atoms with Gasteiger partial charge in [-0.2, -0.15) is 4.98 Å². The Hall–Kier alpha value is -2.41. The molecule has 0 spiro atoms. The van der Waals surface area contributed by atoms with Crippen molar-refractivity contribution < 1.29 is 0 Å². The number of rotatable bonds is 4. The van der Waals surface area contributed by atoms with Crippen molar-refractivity contribution in [3.63, 3.8) is 0 Å². The van der Waals surface area contributed by atoms with E-state index in [1.807, 2.05) is 37.5 Å². The molecule has 3 aromatic rings. The highest BCUT2D eigenvalue weighted by Crippen LogP contribution is 2.21. The van der Waals surface area contributed by atoms with Gasteiger partial charge in [0.25, 0.3) is 11.1 Å². The molecule has 124 valence electrons. The SMILES string of the molecule is Cc1cccn2c(=O)cc(CSc3nc(=O)ccn3C(C)C)nc12. The van der Waals surface area contributed by atoms with Crippen molar-refractivity contribution >= 4 is 17.4 Å². The standard InChI is InChI=1S/C17H18N4O2S/c1-11(2)20-8-6-14(22)19-17(20)24-10-13-9-15(23)21-7-4-5-12(3)16(21)18-13/h4-9,11H,10H2,1-3H3. The number of aryl methyl sites for hydroxylation is 1. The summed E-state index contributed by atoms with van der Waals surface area (Å²) in [7, 11) is 0. The molecular weight excluding hydrogens is 324 g/mol. The second kappa shape index (κ2) is 6.60. The Balaban J connectivity index is 1.95. The van der Waals surface area contributed by atoms with Crippen molar-refractivity contribution in [3.8, 4) is 0 Å². The fraction of sp³-hybridized carbons (Fsp3) is 0.294. The maximum atomic E-state index is 12.2. The van der Waals surface area contributed by atoms with Gasteiger partial charge in [-0.1, -0.05) is 17.8 Å². The fourth-order valence-electron chi connectivity index (χ4n) is 2.42. The Morgan fingerprint density at radius 2 is 1.96 bits per heavy atom. The third-order valence-corrected chi connectivity index (χ3v) is 4.65. The zero-order valence-electron chi connectivity index (χ0n) is 13.8. The van der Waals surface area contributed by atoms with Crippen molar-refractivity contribution in [3.05, 3.63) is 68.6 Å². The van der Waals surface area contributed by atoms with Crippen molar-refractivity contribution in [2.75, 3.05) is 0 Å². The van der Waals surface area contributed by atoms with Gasteiger partial charge in [-0.15, -0.1) is 0 Å². The third-order valence-electron chi connectivity index (χ3n) is 3.65. The van der Waals surface area contributed by atoms with Crippen LogP contribution in [-0.4, -0.2) is 18.9 Å². The monoisotopic (exact) mass is 342 g/mol. The summed E-state index contributed by atoms with van der Waals surface area (Å²) in [6.45, 7) is 5.98. The van der Waals surface area contributed by atoms with Crippen LogP contribution >= 0.6 is 11.8 Å². The van der Waals surface area contributed by atoms with Crippen LogP contribution in [0.25, 0.3) is 5.65 Å². The first-order valence-electron chi connectivity index (χ1n) is 7.65. The maximum absolute atomic E-state index is 12.2. The number of thioether (sulfide) groups is 1. The van der Waals surface area contributed by atoms with Gasteiger partial charge < -0.3 is 4.57 Å². The summed E-state index contributed by atoms with van der Waals surface area (Å²) in [5.74, 6) is 0.475. The molecule has 24 heavy (non-hydrogen) atoms. The van der Waals surface area contributed by atoms with Crippen LogP contribution in [0.4, 0.5) is 0 Å².